The Morgan fingerprint density at radius 1 is 1.19 bits per heavy atom. The van der Waals surface area contributed by atoms with Gasteiger partial charge in [-0.3, -0.25) is 4.79 Å². The molecule has 7 heteroatoms. The van der Waals surface area contributed by atoms with Gasteiger partial charge in [-0.2, -0.15) is 0 Å². The van der Waals surface area contributed by atoms with Gasteiger partial charge < -0.3 is 14.2 Å². The van der Waals surface area contributed by atoms with Crippen LogP contribution in [0.2, 0.25) is 0 Å². The highest BCUT2D eigenvalue weighted by atomic mass is 16.5. The second kappa shape index (κ2) is 7.77. The fraction of sp³-hybridized carbons (Fsp3) is 0.263. The second-order valence-corrected chi connectivity index (χ2v) is 5.79. The van der Waals surface area contributed by atoms with Gasteiger partial charge in [0.15, 0.2) is 5.76 Å². The van der Waals surface area contributed by atoms with Gasteiger partial charge in [0, 0.05) is 36.6 Å². The summed E-state index contributed by atoms with van der Waals surface area (Å²) in [5, 5.41) is 3.94. The van der Waals surface area contributed by atoms with Crippen molar-refractivity contribution in [1.82, 2.24) is 20.0 Å². The molecule has 7 nitrogen and oxygen atoms in total. The minimum atomic E-state index is -0.0999. The van der Waals surface area contributed by atoms with Gasteiger partial charge in [-0.15, -0.1) is 0 Å². The summed E-state index contributed by atoms with van der Waals surface area (Å²) in [6, 6.07) is 9.06. The topological polar surface area (TPSA) is 81.4 Å². The summed E-state index contributed by atoms with van der Waals surface area (Å²) in [4.78, 5) is 22.6. The van der Waals surface area contributed by atoms with Crippen LogP contribution in [0.5, 0.6) is 5.88 Å². The van der Waals surface area contributed by atoms with Gasteiger partial charge >= 0.3 is 0 Å². The lowest BCUT2D eigenvalue weighted by Gasteiger charge is -2.15. The lowest BCUT2D eigenvalue weighted by Crippen LogP contribution is -2.25. The van der Waals surface area contributed by atoms with E-state index in [1.807, 2.05) is 25.1 Å². The highest BCUT2D eigenvalue weighted by Crippen LogP contribution is 2.25. The molecule has 0 bridgehead atoms. The van der Waals surface area contributed by atoms with E-state index < -0.39 is 0 Å². The van der Waals surface area contributed by atoms with Crippen molar-refractivity contribution < 1.29 is 14.1 Å². The standard InChI is InChI=1S/C19H20N4O3/c1-4-15-11-16(26-22-15)12-23(2)19(24)14-7-5-13(6-8-14)17-18(25-3)21-10-9-20-17/h5-11H,4,12H2,1-3H3. The largest absolute Gasteiger partial charge is 0.479 e. The van der Waals surface area contributed by atoms with Gasteiger partial charge in [0.25, 0.3) is 5.91 Å². The summed E-state index contributed by atoms with van der Waals surface area (Å²) < 4.78 is 10.5. The van der Waals surface area contributed by atoms with Crippen molar-refractivity contribution in [3.63, 3.8) is 0 Å². The fourth-order valence-corrected chi connectivity index (χ4v) is 2.57. The van der Waals surface area contributed by atoms with Crippen LogP contribution in [0.15, 0.2) is 47.2 Å². The van der Waals surface area contributed by atoms with Crippen molar-refractivity contribution in [2.24, 2.45) is 0 Å². The summed E-state index contributed by atoms with van der Waals surface area (Å²) in [6.45, 7) is 2.37. The number of amides is 1. The monoisotopic (exact) mass is 352 g/mol. The van der Waals surface area contributed by atoms with Gasteiger partial charge in [-0.25, -0.2) is 9.97 Å². The molecule has 2 aromatic heterocycles. The van der Waals surface area contributed by atoms with Gasteiger partial charge in [-0.1, -0.05) is 24.2 Å². The van der Waals surface area contributed by atoms with Gasteiger partial charge in [0.1, 0.15) is 5.69 Å². The normalized spacial score (nSPS) is 10.6. The molecule has 2 heterocycles. The third-order valence-corrected chi connectivity index (χ3v) is 3.97. The van der Waals surface area contributed by atoms with E-state index in [1.54, 1.807) is 43.6 Å². The van der Waals surface area contributed by atoms with Crippen molar-refractivity contribution in [3.05, 3.63) is 59.7 Å². The van der Waals surface area contributed by atoms with Crippen molar-refractivity contribution in [2.75, 3.05) is 14.2 Å². The van der Waals surface area contributed by atoms with Crippen LogP contribution < -0.4 is 4.74 Å². The zero-order valence-corrected chi connectivity index (χ0v) is 15.0. The van der Waals surface area contributed by atoms with Crippen molar-refractivity contribution in [1.29, 1.82) is 0 Å². The summed E-state index contributed by atoms with van der Waals surface area (Å²) in [5.74, 6) is 1.01. The van der Waals surface area contributed by atoms with Crippen LogP contribution in [-0.2, 0) is 13.0 Å². The lowest BCUT2D eigenvalue weighted by molar-refractivity contribution is 0.0772. The molecule has 1 aromatic carbocycles. The Morgan fingerprint density at radius 3 is 2.58 bits per heavy atom. The Kier molecular flexibility index (Phi) is 5.26. The first-order valence-electron chi connectivity index (χ1n) is 8.27. The molecule has 3 aromatic rings. The first-order valence-corrected chi connectivity index (χ1v) is 8.27. The maximum Gasteiger partial charge on any atom is 0.254 e. The second-order valence-electron chi connectivity index (χ2n) is 5.79. The number of nitrogens with zero attached hydrogens (tertiary/aromatic N) is 4. The minimum absolute atomic E-state index is 0.0999. The quantitative estimate of drug-likeness (QED) is 0.678. The van der Waals surface area contributed by atoms with E-state index in [-0.39, 0.29) is 5.91 Å². The molecule has 0 aliphatic rings. The zero-order valence-electron chi connectivity index (χ0n) is 15.0. The number of hydrogen-bond donors (Lipinski definition) is 0. The molecule has 0 unspecified atom stereocenters. The predicted molar refractivity (Wildman–Crippen MR) is 95.7 cm³/mol. The molecule has 0 aliphatic carbocycles. The van der Waals surface area contributed by atoms with Crippen LogP contribution in [-0.4, -0.2) is 40.1 Å². The predicted octanol–water partition coefficient (Wildman–Crippen LogP) is 2.97. The molecule has 0 aliphatic heterocycles. The molecule has 0 radical (unpaired) electrons. The highest BCUT2D eigenvalue weighted by Gasteiger charge is 2.15. The molecular weight excluding hydrogens is 332 g/mol. The number of aryl methyl sites for hydroxylation is 1. The van der Waals surface area contributed by atoms with Gasteiger partial charge in [0.2, 0.25) is 5.88 Å². The van der Waals surface area contributed by atoms with Crippen LogP contribution in [0.1, 0.15) is 28.7 Å². The van der Waals surface area contributed by atoms with E-state index in [0.29, 0.717) is 29.4 Å². The zero-order chi connectivity index (χ0) is 18.5. The number of benzene rings is 1. The summed E-state index contributed by atoms with van der Waals surface area (Å²) in [5.41, 5.74) is 2.92. The number of methoxy groups -OCH3 is 1. The molecule has 0 saturated heterocycles. The highest BCUT2D eigenvalue weighted by molar-refractivity contribution is 5.94. The minimum Gasteiger partial charge on any atom is -0.479 e. The first kappa shape index (κ1) is 17.6. The maximum absolute atomic E-state index is 12.6. The molecule has 0 saturated carbocycles. The van der Waals surface area contributed by atoms with E-state index in [9.17, 15) is 4.79 Å². The third-order valence-electron chi connectivity index (χ3n) is 3.97. The summed E-state index contributed by atoms with van der Waals surface area (Å²) in [6.07, 6.45) is 3.98. The van der Waals surface area contributed by atoms with Crippen molar-refractivity contribution in [3.8, 4) is 17.1 Å². The Labute approximate surface area is 151 Å². The molecule has 1 amide bonds. The number of ether oxygens (including phenoxy) is 1. The molecule has 3 rings (SSSR count). The van der Waals surface area contributed by atoms with Crippen LogP contribution in [0.4, 0.5) is 0 Å². The number of rotatable bonds is 6. The maximum atomic E-state index is 12.6. The average Bonchev–Trinajstić information content (AvgIpc) is 3.15. The van der Waals surface area contributed by atoms with Crippen molar-refractivity contribution >= 4 is 5.91 Å². The van der Waals surface area contributed by atoms with E-state index >= 15 is 0 Å². The molecule has 134 valence electrons. The average molecular weight is 352 g/mol. The Balaban J connectivity index is 1.74. The van der Waals surface area contributed by atoms with Gasteiger partial charge in [0.05, 0.1) is 19.3 Å². The Bertz CT molecular complexity index is 890. The summed E-state index contributed by atoms with van der Waals surface area (Å²) >= 11 is 0. The van der Waals surface area contributed by atoms with Crippen LogP contribution in [0.25, 0.3) is 11.3 Å². The number of hydrogen-bond acceptors (Lipinski definition) is 6. The van der Waals surface area contributed by atoms with E-state index in [0.717, 1.165) is 17.7 Å². The smallest absolute Gasteiger partial charge is 0.254 e. The molecule has 26 heavy (non-hydrogen) atoms. The van der Waals surface area contributed by atoms with Crippen LogP contribution >= 0.6 is 0 Å². The van der Waals surface area contributed by atoms with Gasteiger partial charge in [-0.05, 0) is 18.6 Å². The van der Waals surface area contributed by atoms with E-state index in [1.165, 1.54) is 0 Å². The number of carbonyl (C=O) groups excluding carboxylic acids is 1. The van der Waals surface area contributed by atoms with E-state index in [4.69, 9.17) is 9.26 Å². The number of carbonyl (C=O) groups is 1. The van der Waals surface area contributed by atoms with E-state index in [2.05, 4.69) is 15.1 Å². The third kappa shape index (κ3) is 3.72. The molecule has 0 fully saturated rings. The lowest BCUT2D eigenvalue weighted by atomic mass is 10.1. The molecule has 0 spiro atoms. The number of aromatic nitrogens is 3. The first-order chi connectivity index (χ1) is 12.6. The molecule has 0 atom stereocenters. The Hall–Kier alpha value is -3.22. The molecule has 0 N–H and O–H groups in total. The fourth-order valence-electron chi connectivity index (χ4n) is 2.57. The summed E-state index contributed by atoms with van der Waals surface area (Å²) in [7, 11) is 3.28. The SMILES string of the molecule is CCc1cc(CN(C)C(=O)c2ccc(-c3nccnc3OC)cc2)on1. The Morgan fingerprint density at radius 2 is 1.92 bits per heavy atom. The molecular formula is C19H20N4O3. The van der Waals surface area contributed by atoms with Crippen molar-refractivity contribution in [2.45, 2.75) is 19.9 Å². The van der Waals surface area contributed by atoms with Crippen LogP contribution in [0, 0.1) is 0 Å². The van der Waals surface area contributed by atoms with Crippen LogP contribution in [0.3, 0.4) is 0 Å².